The van der Waals surface area contributed by atoms with Gasteiger partial charge >= 0.3 is 0 Å². The van der Waals surface area contributed by atoms with Crippen molar-refractivity contribution in [3.05, 3.63) is 65.1 Å². The number of para-hydroxylation sites is 1. The molecule has 0 atom stereocenters. The lowest BCUT2D eigenvalue weighted by Gasteiger charge is -2.29. The number of amides is 2. The first-order valence-electron chi connectivity index (χ1n) is 10.2. The lowest BCUT2D eigenvalue weighted by Crippen LogP contribution is -3.10. The summed E-state index contributed by atoms with van der Waals surface area (Å²) in [6.07, 6.45) is 4.44. The highest BCUT2D eigenvalue weighted by Gasteiger charge is 2.30. The number of nitrogens with one attached hydrogen (secondary N) is 2. The fraction of sp³-hybridized carbons (Fsp3) is 0.304. The predicted molar refractivity (Wildman–Crippen MR) is 117 cm³/mol. The largest absolute Gasteiger partial charge is 0.349 e. The predicted octanol–water partition coefficient (Wildman–Crippen LogP) is 1.96. The van der Waals surface area contributed by atoms with Crippen LogP contribution in [0.25, 0.3) is 6.08 Å². The Morgan fingerprint density at radius 1 is 1.07 bits per heavy atom. The first-order valence-corrected chi connectivity index (χ1v) is 11.0. The van der Waals surface area contributed by atoms with Gasteiger partial charge in [0.25, 0.3) is 5.91 Å². The normalized spacial score (nSPS) is 18.1. The number of nitrogens with zero attached hydrogens (tertiary/aromatic N) is 1. The Hall–Kier alpha value is -2.57. The number of hydrogen-bond acceptors (Lipinski definition) is 3. The van der Waals surface area contributed by atoms with Gasteiger partial charge in [0.15, 0.2) is 0 Å². The smallest absolute Gasteiger partial charge is 0.265 e. The minimum absolute atomic E-state index is 0.0396. The molecule has 0 saturated carbocycles. The quantitative estimate of drug-likeness (QED) is 0.719. The van der Waals surface area contributed by atoms with Crippen LogP contribution >= 0.6 is 11.8 Å². The standard InChI is InChI=1S/C23H25N3O2S/c27-22(24-12-15-25-13-6-7-14-25)17-26-19-10-4-5-11-20(19)29-21(23(26)28)16-18-8-2-1-3-9-18/h1-5,8-11,16H,6-7,12-15,17H2,(H,24,27)/p+1. The topological polar surface area (TPSA) is 53.9 Å². The number of benzene rings is 2. The van der Waals surface area contributed by atoms with E-state index < -0.39 is 0 Å². The van der Waals surface area contributed by atoms with E-state index >= 15 is 0 Å². The number of carbonyl (C=O) groups excluding carboxylic acids is 2. The molecule has 2 heterocycles. The molecule has 2 aliphatic heterocycles. The van der Waals surface area contributed by atoms with Gasteiger partial charge in [-0.1, -0.05) is 54.2 Å². The van der Waals surface area contributed by atoms with Crippen LogP contribution in [0.2, 0.25) is 0 Å². The van der Waals surface area contributed by atoms with Crippen LogP contribution in [-0.2, 0) is 9.59 Å². The summed E-state index contributed by atoms with van der Waals surface area (Å²) in [6, 6.07) is 17.6. The van der Waals surface area contributed by atoms with Crippen molar-refractivity contribution in [1.29, 1.82) is 0 Å². The summed E-state index contributed by atoms with van der Waals surface area (Å²) < 4.78 is 0. The fourth-order valence-electron chi connectivity index (χ4n) is 3.82. The second kappa shape index (κ2) is 9.29. The highest BCUT2D eigenvalue weighted by Crippen LogP contribution is 2.41. The van der Waals surface area contributed by atoms with Gasteiger partial charge in [-0.25, -0.2) is 0 Å². The molecule has 1 fully saturated rings. The van der Waals surface area contributed by atoms with Crippen molar-refractivity contribution >= 4 is 35.3 Å². The van der Waals surface area contributed by atoms with Gasteiger partial charge in [0.1, 0.15) is 6.54 Å². The van der Waals surface area contributed by atoms with Crippen LogP contribution in [0.4, 0.5) is 5.69 Å². The van der Waals surface area contributed by atoms with Gasteiger partial charge in [-0.05, 0) is 23.8 Å². The Bertz CT molecular complexity index is 907. The molecule has 0 aliphatic carbocycles. The molecular formula is C23H26N3O2S+. The number of carbonyl (C=O) groups is 2. The summed E-state index contributed by atoms with van der Waals surface area (Å²) in [5.41, 5.74) is 1.77. The minimum Gasteiger partial charge on any atom is -0.349 e. The summed E-state index contributed by atoms with van der Waals surface area (Å²) in [4.78, 5) is 30.5. The third kappa shape index (κ3) is 4.89. The van der Waals surface area contributed by atoms with Gasteiger partial charge in [0.05, 0.1) is 36.8 Å². The third-order valence-corrected chi connectivity index (χ3v) is 6.42. The maximum atomic E-state index is 13.2. The van der Waals surface area contributed by atoms with E-state index in [2.05, 4.69) is 5.32 Å². The Balaban J connectivity index is 1.47. The molecule has 0 radical (unpaired) electrons. The Kier molecular flexibility index (Phi) is 6.32. The molecule has 29 heavy (non-hydrogen) atoms. The number of hydrogen-bond donors (Lipinski definition) is 2. The van der Waals surface area contributed by atoms with Crippen LogP contribution < -0.4 is 15.1 Å². The second-order valence-electron chi connectivity index (χ2n) is 7.44. The zero-order valence-corrected chi connectivity index (χ0v) is 17.2. The maximum Gasteiger partial charge on any atom is 0.265 e. The zero-order chi connectivity index (χ0) is 20.1. The van der Waals surface area contributed by atoms with Crippen LogP contribution in [0, 0.1) is 0 Å². The van der Waals surface area contributed by atoms with Crippen molar-refractivity contribution < 1.29 is 14.5 Å². The van der Waals surface area contributed by atoms with Crippen molar-refractivity contribution in [3.63, 3.8) is 0 Å². The molecule has 2 N–H and O–H groups in total. The molecule has 2 aromatic carbocycles. The van der Waals surface area contributed by atoms with E-state index in [-0.39, 0.29) is 18.4 Å². The number of thioether (sulfide) groups is 1. The van der Waals surface area contributed by atoms with E-state index in [0.717, 1.165) is 22.7 Å². The van der Waals surface area contributed by atoms with Crippen LogP contribution in [-0.4, -0.2) is 44.5 Å². The molecule has 0 bridgehead atoms. The summed E-state index contributed by atoms with van der Waals surface area (Å²) in [5.74, 6) is -0.240. The molecule has 2 aromatic rings. The molecule has 150 valence electrons. The molecule has 1 saturated heterocycles. The monoisotopic (exact) mass is 408 g/mol. The lowest BCUT2D eigenvalue weighted by atomic mass is 10.2. The number of anilines is 1. The molecular weight excluding hydrogens is 382 g/mol. The van der Waals surface area contributed by atoms with Gasteiger partial charge in [-0.3, -0.25) is 14.5 Å². The molecule has 0 aromatic heterocycles. The Labute approximate surface area is 175 Å². The van der Waals surface area contributed by atoms with Crippen LogP contribution in [0.15, 0.2) is 64.4 Å². The van der Waals surface area contributed by atoms with Crippen molar-refractivity contribution in [3.8, 4) is 0 Å². The van der Waals surface area contributed by atoms with Gasteiger partial charge in [0, 0.05) is 17.7 Å². The van der Waals surface area contributed by atoms with Gasteiger partial charge in [-0.15, -0.1) is 0 Å². The van der Waals surface area contributed by atoms with Crippen molar-refractivity contribution in [1.82, 2.24) is 5.32 Å². The minimum atomic E-state index is -0.127. The first-order chi connectivity index (χ1) is 14.2. The number of fused-ring (bicyclic) bond motifs is 1. The average Bonchev–Trinajstić information content (AvgIpc) is 3.25. The highest BCUT2D eigenvalue weighted by molar-refractivity contribution is 8.04. The van der Waals surface area contributed by atoms with Gasteiger partial charge in [-0.2, -0.15) is 0 Å². The van der Waals surface area contributed by atoms with E-state index in [1.165, 1.54) is 37.7 Å². The molecule has 0 spiro atoms. The zero-order valence-electron chi connectivity index (χ0n) is 16.4. The molecule has 0 unspecified atom stereocenters. The molecule has 6 heteroatoms. The summed E-state index contributed by atoms with van der Waals surface area (Å²) >= 11 is 1.46. The fourth-order valence-corrected chi connectivity index (χ4v) is 4.88. The SMILES string of the molecule is O=C(CN1C(=O)C(=Cc2ccccc2)Sc2ccccc21)NCC[NH+]1CCCC1. The summed E-state index contributed by atoms with van der Waals surface area (Å²) in [5, 5.41) is 2.99. The van der Waals surface area contributed by atoms with Crippen molar-refractivity contribution in [2.24, 2.45) is 0 Å². The van der Waals surface area contributed by atoms with Crippen LogP contribution in [0.5, 0.6) is 0 Å². The first kappa shape index (κ1) is 19.7. The molecule has 4 rings (SSSR count). The van der Waals surface area contributed by atoms with Gasteiger partial charge in [0.2, 0.25) is 5.91 Å². The number of rotatable bonds is 6. The van der Waals surface area contributed by atoms with Crippen LogP contribution in [0.1, 0.15) is 18.4 Å². The Morgan fingerprint density at radius 3 is 2.59 bits per heavy atom. The Morgan fingerprint density at radius 2 is 1.79 bits per heavy atom. The molecule has 2 aliphatic rings. The van der Waals surface area contributed by atoms with E-state index in [4.69, 9.17) is 0 Å². The van der Waals surface area contributed by atoms with Crippen molar-refractivity contribution in [2.75, 3.05) is 37.6 Å². The van der Waals surface area contributed by atoms with E-state index in [1.54, 1.807) is 9.80 Å². The second-order valence-corrected chi connectivity index (χ2v) is 8.52. The number of likely N-dealkylation sites (tertiary alicyclic amines) is 1. The lowest BCUT2D eigenvalue weighted by molar-refractivity contribution is -0.886. The van der Waals surface area contributed by atoms with Crippen molar-refractivity contribution in [2.45, 2.75) is 17.7 Å². The molecule has 2 amide bonds. The highest BCUT2D eigenvalue weighted by atomic mass is 32.2. The van der Waals surface area contributed by atoms with Gasteiger partial charge < -0.3 is 10.2 Å². The van der Waals surface area contributed by atoms with E-state index in [1.807, 2.05) is 60.7 Å². The summed E-state index contributed by atoms with van der Waals surface area (Å²) in [6.45, 7) is 4.03. The number of quaternary nitrogens is 1. The average molecular weight is 409 g/mol. The molecule has 5 nitrogen and oxygen atoms in total. The summed E-state index contributed by atoms with van der Waals surface area (Å²) in [7, 11) is 0. The van der Waals surface area contributed by atoms with E-state index in [9.17, 15) is 9.59 Å². The van der Waals surface area contributed by atoms with E-state index in [0.29, 0.717) is 11.4 Å². The third-order valence-electron chi connectivity index (χ3n) is 5.34. The van der Waals surface area contributed by atoms with Crippen LogP contribution in [0.3, 0.4) is 0 Å². The maximum absolute atomic E-state index is 13.2.